The van der Waals surface area contributed by atoms with Crippen molar-refractivity contribution in [2.75, 3.05) is 6.54 Å². The van der Waals surface area contributed by atoms with E-state index in [9.17, 15) is 26.4 Å². The Morgan fingerprint density at radius 1 is 1.32 bits per heavy atom. The topological polar surface area (TPSA) is 72.9 Å². The van der Waals surface area contributed by atoms with Crippen molar-refractivity contribution in [1.29, 1.82) is 0 Å². The predicted molar refractivity (Wildman–Crippen MR) is 69.0 cm³/mol. The van der Waals surface area contributed by atoms with Gasteiger partial charge in [0.05, 0.1) is 6.04 Å². The van der Waals surface area contributed by atoms with Crippen LogP contribution in [0.15, 0.2) is 11.8 Å². The Hall–Kier alpha value is -1.45. The lowest BCUT2D eigenvalue weighted by Crippen LogP contribution is -2.41. The summed E-state index contributed by atoms with van der Waals surface area (Å²) in [5.41, 5.74) is -6.16. The molecule has 0 saturated carbocycles. The van der Waals surface area contributed by atoms with E-state index in [0.29, 0.717) is 6.42 Å². The molecular weight excluding hydrogens is 327 g/mol. The summed E-state index contributed by atoms with van der Waals surface area (Å²) in [6.07, 6.45) is 0.956. The van der Waals surface area contributed by atoms with E-state index in [-0.39, 0.29) is 12.3 Å². The molecule has 22 heavy (non-hydrogen) atoms. The van der Waals surface area contributed by atoms with E-state index >= 15 is 0 Å². The van der Waals surface area contributed by atoms with Crippen LogP contribution in [0.25, 0.3) is 0 Å². The van der Waals surface area contributed by atoms with Gasteiger partial charge in [0.25, 0.3) is 0 Å². The third-order valence-corrected chi connectivity index (χ3v) is 4.20. The third kappa shape index (κ3) is 3.31. The number of likely N-dealkylation sites (tertiary alicyclic amines) is 1. The van der Waals surface area contributed by atoms with Gasteiger partial charge in [-0.15, -0.1) is 0 Å². The Kier molecular flexibility index (Phi) is 3.87. The largest absolute Gasteiger partial charge is 0.534 e. The van der Waals surface area contributed by atoms with Gasteiger partial charge in [0.1, 0.15) is 11.4 Å². The van der Waals surface area contributed by atoms with Crippen LogP contribution in [-0.4, -0.2) is 43.1 Å². The Bertz CT molecular complexity index is 605. The van der Waals surface area contributed by atoms with Crippen molar-refractivity contribution in [3.63, 3.8) is 0 Å². The summed E-state index contributed by atoms with van der Waals surface area (Å²) in [5, 5.41) is 0. The molecule has 2 bridgehead atoms. The first-order valence-electron chi connectivity index (χ1n) is 6.52. The normalized spacial score (nSPS) is 25.2. The molecule has 2 aliphatic rings. The minimum absolute atomic E-state index is 0.0682. The molecule has 126 valence electrons. The van der Waals surface area contributed by atoms with E-state index in [1.807, 2.05) is 0 Å². The summed E-state index contributed by atoms with van der Waals surface area (Å²) in [4.78, 5) is 13.3. The summed E-state index contributed by atoms with van der Waals surface area (Å²) >= 11 is 0. The van der Waals surface area contributed by atoms with E-state index in [1.54, 1.807) is 20.8 Å². The maximum atomic E-state index is 12.3. The summed E-state index contributed by atoms with van der Waals surface area (Å²) in [5.74, 6) is -0.836. The van der Waals surface area contributed by atoms with Crippen LogP contribution in [0, 0.1) is 5.92 Å². The van der Waals surface area contributed by atoms with Crippen molar-refractivity contribution >= 4 is 16.2 Å². The molecule has 2 atom stereocenters. The van der Waals surface area contributed by atoms with E-state index in [0.717, 1.165) is 0 Å². The Morgan fingerprint density at radius 3 is 2.32 bits per heavy atom. The number of carbonyl (C=O) groups is 1. The molecule has 1 aliphatic heterocycles. The van der Waals surface area contributed by atoms with Crippen molar-refractivity contribution in [3.8, 4) is 0 Å². The Balaban J connectivity index is 2.07. The Morgan fingerprint density at radius 2 is 1.91 bits per heavy atom. The number of alkyl halides is 3. The molecule has 1 amide bonds. The zero-order valence-electron chi connectivity index (χ0n) is 12.2. The fourth-order valence-corrected chi connectivity index (χ4v) is 2.90. The molecule has 0 aromatic rings. The van der Waals surface area contributed by atoms with Crippen LogP contribution in [-0.2, 0) is 19.0 Å². The molecule has 10 heteroatoms. The smallest absolute Gasteiger partial charge is 0.444 e. The monoisotopic (exact) mass is 343 g/mol. The second-order valence-corrected chi connectivity index (χ2v) is 7.72. The number of ether oxygens (including phenoxy) is 1. The Labute approximate surface area is 126 Å². The highest BCUT2D eigenvalue weighted by Gasteiger charge is 2.52. The number of hydrogen-bond donors (Lipinski definition) is 0. The molecule has 2 rings (SSSR count). The fourth-order valence-electron chi connectivity index (χ4n) is 2.36. The highest BCUT2D eigenvalue weighted by molar-refractivity contribution is 7.87. The van der Waals surface area contributed by atoms with Crippen molar-refractivity contribution < 1.29 is 35.3 Å². The number of fused-ring (bicyclic) bond motifs is 2. The van der Waals surface area contributed by atoms with E-state index in [1.165, 1.54) is 11.0 Å². The highest BCUT2D eigenvalue weighted by atomic mass is 32.2. The summed E-state index contributed by atoms with van der Waals surface area (Å²) in [6.45, 7) is 5.15. The third-order valence-electron chi connectivity index (χ3n) is 3.22. The zero-order valence-corrected chi connectivity index (χ0v) is 13.0. The summed E-state index contributed by atoms with van der Waals surface area (Å²) < 4.78 is 68.2. The quantitative estimate of drug-likeness (QED) is 0.568. The van der Waals surface area contributed by atoms with Crippen LogP contribution in [0.3, 0.4) is 0 Å². The molecule has 0 spiro atoms. The average molecular weight is 343 g/mol. The molecule has 1 saturated heterocycles. The van der Waals surface area contributed by atoms with Gasteiger partial charge in [-0.05, 0) is 33.3 Å². The first-order valence-corrected chi connectivity index (χ1v) is 7.93. The second kappa shape index (κ2) is 5.04. The number of hydrogen-bond acceptors (Lipinski definition) is 5. The van der Waals surface area contributed by atoms with Crippen LogP contribution in [0.2, 0.25) is 0 Å². The summed E-state index contributed by atoms with van der Waals surface area (Å²) in [7, 11) is -5.67. The summed E-state index contributed by atoms with van der Waals surface area (Å²) in [6, 6.07) is -0.515. The van der Waals surface area contributed by atoms with Gasteiger partial charge in [0.2, 0.25) is 0 Å². The number of halogens is 3. The van der Waals surface area contributed by atoms with E-state index < -0.39 is 39.3 Å². The molecule has 0 aromatic carbocycles. The number of rotatable bonds is 2. The molecule has 0 N–H and O–H groups in total. The lowest BCUT2D eigenvalue weighted by Gasteiger charge is -2.29. The van der Waals surface area contributed by atoms with Crippen LogP contribution in [0.5, 0.6) is 0 Å². The number of amides is 1. The molecule has 0 aromatic heterocycles. The minimum Gasteiger partial charge on any atom is -0.444 e. The van der Waals surface area contributed by atoms with Crippen LogP contribution in [0.1, 0.15) is 27.2 Å². The number of nitrogens with zero attached hydrogens (tertiary/aromatic N) is 1. The molecular formula is C12H16F3NO5S. The van der Waals surface area contributed by atoms with Gasteiger partial charge in [0.15, 0.2) is 0 Å². The van der Waals surface area contributed by atoms with E-state index in [4.69, 9.17) is 4.74 Å². The van der Waals surface area contributed by atoms with Crippen LogP contribution >= 0.6 is 0 Å². The molecule has 0 radical (unpaired) electrons. The molecule has 2 unspecified atom stereocenters. The average Bonchev–Trinajstić information content (AvgIpc) is 2.83. The van der Waals surface area contributed by atoms with Crippen molar-refractivity contribution in [2.24, 2.45) is 5.92 Å². The van der Waals surface area contributed by atoms with Crippen molar-refractivity contribution in [3.05, 3.63) is 11.8 Å². The van der Waals surface area contributed by atoms with Gasteiger partial charge in [-0.25, -0.2) is 4.79 Å². The van der Waals surface area contributed by atoms with Crippen molar-refractivity contribution in [2.45, 2.75) is 44.3 Å². The van der Waals surface area contributed by atoms with E-state index in [2.05, 4.69) is 4.18 Å². The highest BCUT2D eigenvalue weighted by Crippen LogP contribution is 2.40. The van der Waals surface area contributed by atoms with Crippen LogP contribution in [0.4, 0.5) is 18.0 Å². The maximum absolute atomic E-state index is 12.3. The molecule has 1 aliphatic carbocycles. The van der Waals surface area contributed by atoms with Gasteiger partial charge in [-0.2, -0.15) is 21.6 Å². The fraction of sp³-hybridized carbons (Fsp3) is 0.750. The first kappa shape index (κ1) is 16.9. The molecule has 6 nitrogen and oxygen atoms in total. The van der Waals surface area contributed by atoms with Gasteiger partial charge >= 0.3 is 21.7 Å². The van der Waals surface area contributed by atoms with Gasteiger partial charge in [-0.3, -0.25) is 0 Å². The van der Waals surface area contributed by atoms with Gasteiger partial charge in [-0.1, -0.05) is 0 Å². The lowest BCUT2D eigenvalue weighted by molar-refractivity contribution is -0.0527. The van der Waals surface area contributed by atoms with Crippen LogP contribution < -0.4 is 0 Å². The van der Waals surface area contributed by atoms with Gasteiger partial charge in [0, 0.05) is 12.5 Å². The standard InChI is InChI=1S/C12H16F3NO5S/c1-11(2,3)20-10(17)16-6-7-4-8(16)5-9(7)21-22(18,19)12(13,14)15/h5,7-8H,4,6H2,1-3H3. The lowest BCUT2D eigenvalue weighted by atomic mass is 10.1. The first-order chi connectivity index (χ1) is 9.80. The molecule has 1 heterocycles. The molecule has 1 fully saturated rings. The zero-order chi connectivity index (χ0) is 16.9. The van der Waals surface area contributed by atoms with Gasteiger partial charge < -0.3 is 13.8 Å². The SMILES string of the molecule is CC(C)(C)OC(=O)N1CC2CC1C=C2OS(=O)(=O)C(F)(F)F. The second-order valence-electron chi connectivity index (χ2n) is 6.18. The predicted octanol–water partition coefficient (Wildman–Crippen LogP) is 2.38. The van der Waals surface area contributed by atoms with Crippen molar-refractivity contribution in [1.82, 2.24) is 4.90 Å². The minimum atomic E-state index is -5.67. The number of carbonyl (C=O) groups excluding carboxylic acids is 1. The maximum Gasteiger partial charge on any atom is 0.534 e.